The van der Waals surface area contributed by atoms with Crippen molar-refractivity contribution in [3.63, 3.8) is 0 Å². The molecule has 2 aromatic heterocycles. The van der Waals surface area contributed by atoms with E-state index >= 15 is 0 Å². The van der Waals surface area contributed by atoms with Crippen molar-refractivity contribution in [2.45, 2.75) is 50.8 Å². The lowest BCUT2D eigenvalue weighted by molar-refractivity contribution is -0.113. The van der Waals surface area contributed by atoms with Crippen molar-refractivity contribution >= 4 is 40.0 Å². The van der Waals surface area contributed by atoms with Gasteiger partial charge in [-0.1, -0.05) is 23.9 Å². The first kappa shape index (κ1) is 24.3. The Kier molecular flexibility index (Phi) is 7.57. The summed E-state index contributed by atoms with van der Waals surface area (Å²) in [4.78, 5) is 26.8. The van der Waals surface area contributed by atoms with Gasteiger partial charge in [0.1, 0.15) is 10.8 Å². The van der Waals surface area contributed by atoms with E-state index in [0.717, 1.165) is 42.6 Å². The molecule has 4 rings (SSSR count). The lowest BCUT2D eigenvalue weighted by Crippen LogP contribution is -2.19. The lowest BCUT2D eigenvalue weighted by Gasteiger charge is -2.14. The van der Waals surface area contributed by atoms with E-state index in [1.807, 2.05) is 49.7 Å². The molecule has 1 aromatic carbocycles. The topological polar surface area (TPSA) is 95.3 Å². The zero-order valence-electron chi connectivity index (χ0n) is 19.7. The van der Waals surface area contributed by atoms with Crippen molar-refractivity contribution in [1.29, 1.82) is 0 Å². The fourth-order valence-corrected chi connectivity index (χ4v) is 5.89. The minimum absolute atomic E-state index is 0.144. The number of hydrogen-bond donors (Lipinski definition) is 1. The fourth-order valence-electron chi connectivity index (χ4n) is 3.89. The summed E-state index contributed by atoms with van der Waals surface area (Å²) in [5.74, 6) is 0.999. The van der Waals surface area contributed by atoms with Gasteiger partial charge in [0.2, 0.25) is 5.91 Å². The molecule has 1 amide bonds. The number of carbonyl (C=O) groups is 2. The van der Waals surface area contributed by atoms with Crippen LogP contribution in [0.1, 0.15) is 47.5 Å². The maximum absolute atomic E-state index is 12.8. The maximum atomic E-state index is 12.8. The standard InChI is InChI=1S/C24H28N4O4S2/c1-14(2)32-23(30)20-17-10-5-6-11-18(17)34-22(20)25-19(29)13-33-24-27-26-21(28(24)3)15-8-7-9-16(12-15)31-4/h7-9,12,14H,5-6,10-11,13H2,1-4H3,(H,25,29). The second-order valence-corrected chi connectivity index (χ2v) is 10.4. The van der Waals surface area contributed by atoms with Crippen LogP contribution in [0.5, 0.6) is 5.75 Å². The second-order valence-electron chi connectivity index (χ2n) is 8.30. The van der Waals surface area contributed by atoms with Crippen LogP contribution in [0.2, 0.25) is 0 Å². The first-order chi connectivity index (χ1) is 16.4. The van der Waals surface area contributed by atoms with Crippen LogP contribution in [0.25, 0.3) is 11.4 Å². The molecule has 3 aromatic rings. The molecule has 0 saturated heterocycles. The van der Waals surface area contributed by atoms with Crippen molar-refractivity contribution in [2.24, 2.45) is 7.05 Å². The first-order valence-electron chi connectivity index (χ1n) is 11.2. The Morgan fingerprint density at radius 2 is 2.03 bits per heavy atom. The van der Waals surface area contributed by atoms with Gasteiger partial charge in [0, 0.05) is 17.5 Å². The molecule has 0 radical (unpaired) electrons. The predicted octanol–water partition coefficient (Wildman–Crippen LogP) is 4.73. The van der Waals surface area contributed by atoms with E-state index in [1.165, 1.54) is 28.0 Å². The van der Waals surface area contributed by atoms with Crippen LogP contribution >= 0.6 is 23.1 Å². The van der Waals surface area contributed by atoms with Crippen LogP contribution in [0.4, 0.5) is 5.00 Å². The van der Waals surface area contributed by atoms with E-state index in [2.05, 4.69) is 15.5 Å². The predicted molar refractivity (Wildman–Crippen MR) is 134 cm³/mol. The molecule has 0 spiro atoms. The van der Waals surface area contributed by atoms with Gasteiger partial charge in [0.25, 0.3) is 0 Å². The average molecular weight is 501 g/mol. The molecule has 180 valence electrons. The molecule has 0 fully saturated rings. The average Bonchev–Trinajstić information content (AvgIpc) is 3.37. The van der Waals surface area contributed by atoms with Gasteiger partial charge in [-0.3, -0.25) is 4.79 Å². The molecular weight excluding hydrogens is 472 g/mol. The largest absolute Gasteiger partial charge is 0.497 e. The Morgan fingerprint density at radius 3 is 2.79 bits per heavy atom. The number of amides is 1. The molecule has 0 unspecified atom stereocenters. The molecular formula is C24H28N4O4S2. The summed E-state index contributed by atoms with van der Waals surface area (Å²) in [6, 6.07) is 7.59. The number of esters is 1. The number of benzene rings is 1. The number of hydrogen-bond acceptors (Lipinski definition) is 8. The number of methoxy groups -OCH3 is 1. The molecule has 0 aliphatic heterocycles. The summed E-state index contributed by atoms with van der Waals surface area (Å²) in [6.45, 7) is 3.65. The third-order valence-corrected chi connectivity index (χ3v) is 7.69. The van der Waals surface area contributed by atoms with Crippen molar-refractivity contribution in [1.82, 2.24) is 14.8 Å². The number of ether oxygens (including phenoxy) is 2. The highest BCUT2D eigenvalue weighted by Crippen LogP contribution is 2.39. The number of nitrogens with zero attached hydrogens (tertiary/aromatic N) is 3. The Morgan fingerprint density at radius 1 is 1.24 bits per heavy atom. The molecule has 2 heterocycles. The van der Waals surface area contributed by atoms with Crippen molar-refractivity contribution in [3.8, 4) is 17.1 Å². The molecule has 34 heavy (non-hydrogen) atoms. The highest BCUT2D eigenvalue weighted by molar-refractivity contribution is 7.99. The van der Waals surface area contributed by atoms with Gasteiger partial charge < -0.3 is 19.4 Å². The highest BCUT2D eigenvalue weighted by Gasteiger charge is 2.28. The molecule has 1 aliphatic carbocycles. The van der Waals surface area contributed by atoms with Gasteiger partial charge in [-0.2, -0.15) is 0 Å². The van der Waals surface area contributed by atoms with E-state index in [4.69, 9.17) is 9.47 Å². The summed E-state index contributed by atoms with van der Waals surface area (Å²) in [7, 11) is 3.48. The Bertz CT molecular complexity index is 1200. The molecule has 1 N–H and O–H groups in total. The number of fused-ring (bicyclic) bond motifs is 1. The van der Waals surface area contributed by atoms with Crippen LogP contribution in [-0.4, -0.2) is 45.6 Å². The second kappa shape index (κ2) is 10.6. The number of thiophene rings is 1. The SMILES string of the molecule is COc1cccc(-c2nnc(SCC(=O)Nc3sc4c(c3C(=O)OC(C)C)CCCC4)n2C)c1. The van der Waals surface area contributed by atoms with Crippen LogP contribution in [0, 0.1) is 0 Å². The smallest absolute Gasteiger partial charge is 0.341 e. The minimum atomic E-state index is -0.367. The normalized spacial score (nSPS) is 13.0. The van der Waals surface area contributed by atoms with Gasteiger partial charge in [-0.25, -0.2) is 4.79 Å². The zero-order valence-corrected chi connectivity index (χ0v) is 21.3. The number of anilines is 1. The van der Waals surface area contributed by atoms with Gasteiger partial charge in [0.15, 0.2) is 11.0 Å². The molecule has 0 atom stereocenters. The van der Waals surface area contributed by atoms with Gasteiger partial charge in [-0.15, -0.1) is 21.5 Å². The van der Waals surface area contributed by atoms with Gasteiger partial charge in [-0.05, 0) is 57.2 Å². The highest BCUT2D eigenvalue weighted by atomic mass is 32.2. The third kappa shape index (κ3) is 5.28. The number of thioether (sulfide) groups is 1. The number of aromatic nitrogens is 3. The van der Waals surface area contributed by atoms with Crippen LogP contribution < -0.4 is 10.1 Å². The molecule has 0 saturated carbocycles. The van der Waals surface area contributed by atoms with E-state index in [1.54, 1.807) is 7.11 Å². The Balaban J connectivity index is 1.46. The van der Waals surface area contributed by atoms with E-state index < -0.39 is 0 Å². The summed E-state index contributed by atoms with van der Waals surface area (Å²) in [5, 5.41) is 12.7. The first-order valence-corrected chi connectivity index (χ1v) is 13.0. The summed E-state index contributed by atoms with van der Waals surface area (Å²) in [5.41, 5.74) is 2.43. The summed E-state index contributed by atoms with van der Waals surface area (Å²) >= 11 is 2.78. The fraction of sp³-hybridized carbons (Fsp3) is 0.417. The quantitative estimate of drug-likeness (QED) is 0.353. The summed E-state index contributed by atoms with van der Waals surface area (Å²) < 4.78 is 12.6. The van der Waals surface area contributed by atoms with E-state index in [9.17, 15) is 9.59 Å². The number of aryl methyl sites for hydroxylation is 1. The van der Waals surface area contributed by atoms with E-state index in [-0.39, 0.29) is 23.7 Å². The van der Waals surface area contributed by atoms with Gasteiger partial charge in [0.05, 0.1) is 24.5 Å². The minimum Gasteiger partial charge on any atom is -0.497 e. The third-order valence-electron chi connectivity index (χ3n) is 5.47. The summed E-state index contributed by atoms with van der Waals surface area (Å²) in [6.07, 6.45) is 3.68. The van der Waals surface area contributed by atoms with Crippen LogP contribution in [-0.2, 0) is 29.4 Å². The lowest BCUT2D eigenvalue weighted by atomic mass is 9.95. The molecule has 10 heteroatoms. The molecule has 1 aliphatic rings. The molecule has 8 nitrogen and oxygen atoms in total. The molecule has 0 bridgehead atoms. The maximum Gasteiger partial charge on any atom is 0.341 e. The number of carbonyl (C=O) groups excluding carboxylic acids is 2. The van der Waals surface area contributed by atoms with Crippen LogP contribution in [0.15, 0.2) is 29.4 Å². The van der Waals surface area contributed by atoms with Crippen molar-refractivity contribution in [3.05, 3.63) is 40.3 Å². The monoisotopic (exact) mass is 500 g/mol. The van der Waals surface area contributed by atoms with Crippen molar-refractivity contribution in [2.75, 3.05) is 18.2 Å². The van der Waals surface area contributed by atoms with Gasteiger partial charge >= 0.3 is 5.97 Å². The zero-order chi connectivity index (χ0) is 24.2. The Hall–Kier alpha value is -2.85. The Labute approximate surface area is 207 Å². The number of nitrogens with one attached hydrogen (secondary N) is 1. The number of rotatable bonds is 8. The van der Waals surface area contributed by atoms with Crippen molar-refractivity contribution < 1.29 is 19.1 Å². The van der Waals surface area contributed by atoms with E-state index in [0.29, 0.717) is 21.5 Å². The van der Waals surface area contributed by atoms with Crippen LogP contribution in [0.3, 0.4) is 0 Å².